The molecule has 1 saturated heterocycles. The third-order valence-electron chi connectivity index (χ3n) is 3.85. The molecule has 108 valence electrons. The molecular formula is C15H16FN5. The van der Waals surface area contributed by atoms with E-state index in [1.807, 2.05) is 0 Å². The molecule has 1 aromatic heterocycles. The standard InChI is InChI=1S/C15H16FN5/c1-11-6-8-20(9-7-11)15-13(10-17)18-21(19-15)14-5-3-2-4-12(14)16/h2-5,11H,6-9H2,1H3. The number of halogens is 1. The number of anilines is 1. The van der Waals surface area contributed by atoms with Crippen molar-refractivity contribution in [3.05, 3.63) is 35.8 Å². The van der Waals surface area contributed by atoms with Gasteiger partial charge in [0.2, 0.25) is 5.69 Å². The molecule has 5 nitrogen and oxygen atoms in total. The molecule has 1 aliphatic heterocycles. The van der Waals surface area contributed by atoms with E-state index in [9.17, 15) is 9.65 Å². The molecule has 1 fully saturated rings. The van der Waals surface area contributed by atoms with E-state index in [-0.39, 0.29) is 11.4 Å². The number of benzene rings is 1. The van der Waals surface area contributed by atoms with Crippen LogP contribution in [-0.2, 0) is 0 Å². The van der Waals surface area contributed by atoms with E-state index in [0.717, 1.165) is 25.9 Å². The summed E-state index contributed by atoms with van der Waals surface area (Å²) in [7, 11) is 0. The van der Waals surface area contributed by atoms with Crippen LogP contribution in [0.2, 0.25) is 0 Å². The van der Waals surface area contributed by atoms with Gasteiger partial charge in [-0.05, 0) is 30.9 Å². The number of aromatic nitrogens is 3. The molecule has 0 spiro atoms. The molecule has 6 heteroatoms. The summed E-state index contributed by atoms with van der Waals surface area (Å²) < 4.78 is 13.8. The molecule has 0 atom stereocenters. The molecule has 2 aromatic rings. The Morgan fingerprint density at radius 2 is 1.95 bits per heavy atom. The van der Waals surface area contributed by atoms with E-state index in [2.05, 4.69) is 28.1 Å². The lowest BCUT2D eigenvalue weighted by molar-refractivity contribution is 0.436. The van der Waals surface area contributed by atoms with Gasteiger partial charge in [-0.25, -0.2) is 4.39 Å². The normalized spacial score (nSPS) is 16.0. The summed E-state index contributed by atoms with van der Waals surface area (Å²) in [6.45, 7) is 3.93. The van der Waals surface area contributed by atoms with Crippen LogP contribution in [0.1, 0.15) is 25.5 Å². The minimum absolute atomic E-state index is 0.243. The highest BCUT2D eigenvalue weighted by Gasteiger charge is 2.23. The SMILES string of the molecule is CC1CCN(c2nn(-c3ccccc3F)nc2C#N)CC1. The van der Waals surface area contributed by atoms with E-state index < -0.39 is 5.82 Å². The number of hydrogen-bond acceptors (Lipinski definition) is 4. The highest BCUT2D eigenvalue weighted by molar-refractivity contribution is 5.50. The maximum absolute atomic E-state index is 13.8. The van der Waals surface area contributed by atoms with Gasteiger partial charge in [0.05, 0.1) is 0 Å². The van der Waals surface area contributed by atoms with Gasteiger partial charge in [-0.1, -0.05) is 19.1 Å². The summed E-state index contributed by atoms with van der Waals surface area (Å²) in [6.07, 6.45) is 2.13. The highest BCUT2D eigenvalue weighted by atomic mass is 19.1. The second kappa shape index (κ2) is 5.52. The van der Waals surface area contributed by atoms with Crippen molar-refractivity contribution < 1.29 is 4.39 Å². The molecule has 0 unspecified atom stereocenters. The third kappa shape index (κ3) is 2.59. The number of hydrogen-bond donors (Lipinski definition) is 0. The van der Waals surface area contributed by atoms with Crippen LogP contribution in [0.5, 0.6) is 0 Å². The van der Waals surface area contributed by atoms with Crippen LogP contribution in [0.3, 0.4) is 0 Å². The van der Waals surface area contributed by atoms with Crippen LogP contribution in [-0.4, -0.2) is 28.1 Å². The Bertz CT molecular complexity index is 680. The number of rotatable bonds is 2. The Hall–Kier alpha value is -2.42. The van der Waals surface area contributed by atoms with E-state index in [1.54, 1.807) is 18.2 Å². The number of nitrogens with zero attached hydrogens (tertiary/aromatic N) is 5. The molecule has 0 bridgehead atoms. The molecule has 0 amide bonds. The van der Waals surface area contributed by atoms with Gasteiger partial charge in [-0.2, -0.15) is 5.26 Å². The predicted octanol–water partition coefficient (Wildman–Crippen LogP) is 2.51. The van der Waals surface area contributed by atoms with E-state index in [1.165, 1.54) is 10.9 Å². The second-order valence-corrected chi connectivity index (χ2v) is 5.39. The zero-order chi connectivity index (χ0) is 14.8. The van der Waals surface area contributed by atoms with Crippen molar-refractivity contribution in [1.82, 2.24) is 15.0 Å². The van der Waals surface area contributed by atoms with Crippen molar-refractivity contribution in [3.8, 4) is 11.8 Å². The molecule has 0 aliphatic carbocycles. The third-order valence-corrected chi connectivity index (χ3v) is 3.85. The zero-order valence-electron chi connectivity index (χ0n) is 11.8. The molecule has 2 heterocycles. The quantitative estimate of drug-likeness (QED) is 0.850. The van der Waals surface area contributed by atoms with E-state index >= 15 is 0 Å². The number of para-hydroxylation sites is 1. The lowest BCUT2D eigenvalue weighted by Crippen LogP contribution is -2.33. The van der Waals surface area contributed by atoms with Crippen LogP contribution in [0.15, 0.2) is 24.3 Å². The van der Waals surface area contributed by atoms with Gasteiger partial charge in [-0.3, -0.25) is 0 Å². The maximum atomic E-state index is 13.8. The molecule has 3 rings (SSSR count). The summed E-state index contributed by atoms with van der Waals surface area (Å²) in [5.74, 6) is 0.830. The Labute approximate surface area is 122 Å². The first-order chi connectivity index (χ1) is 10.2. The van der Waals surface area contributed by atoms with E-state index in [0.29, 0.717) is 11.7 Å². The summed E-state index contributed by atoms with van der Waals surface area (Å²) in [5, 5.41) is 17.7. The largest absolute Gasteiger partial charge is 0.353 e. The molecule has 0 N–H and O–H groups in total. The summed E-state index contributed by atoms with van der Waals surface area (Å²) in [6, 6.07) is 8.33. The van der Waals surface area contributed by atoms with Gasteiger partial charge < -0.3 is 4.90 Å². The highest BCUT2D eigenvalue weighted by Crippen LogP contribution is 2.24. The molecule has 1 aromatic carbocycles. The first-order valence-corrected chi connectivity index (χ1v) is 7.06. The first kappa shape index (κ1) is 13.6. The first-order valence-electron chi connectivity index (χ1n) is 7.06. The lowest BCUT2D eigenvalue weighted by Gasteiger charge is -2.30. The van der Waals surface area contributed by atoms with Gasteiger partial charge in [0, 0.05) is 13.1 Å². The number of nitriles is 1. The smallest absolute Gasteiger partial charge is 0.207 e. The van der Waals surface area contributed by atoms with Crippen molar-refractivity contribution in [3.63, 3.8) is 0 Å². The van der Waals surface area contributed by atoms with Crippen molar-refractivity contribution in [2.24, 2.45) is 5.92 Å². The summed E-state index contributed by atoms with van der Waals surface area (Å²) >= 11 is 0. The van der Waals surface area contributed by atoms with Crippen LogP contribution >= 0.6 is 0 Å². The molecule has 1 aliphatic rings. The van der Waals surface area contributed by atoms with Gasteiger partial charge in [0.15, 0.2) is 11.6 Å². The Morgan fingerprint density at radius 1 is 1.24 bits per heavy atom. The van der Waals surface area contributed by atoms with Gasteiger partial charge in [0.1, 0.15) is 11.8 Å². The van der Waals surface area contributed by atoms with Crippen molar-refractivity contribution >= 4 is 5.82 Å². The molecule has 21 heavy (non-hydrogen) atoms. The predicted molar refractivity (Wildman–Crippen MR) is 76.6 cm³/mol. The lowest BCUT2D eigenvalue weighted by atomic mass is 9.99. The number of piperidine rings is 1. The van der Waals surface area contributed by atoms with Crippen molar-refractivity contribution in [2.75, 3.05) is 18.0 Å². The second-order valence-electron chi connectivity index (χ2n) is 5.39. The van der Waals surface area contributed by atoms with Crippen LogP contribution < -0.4 is 4.90 Å². The average molecular weight is 285 g/mol. The maximum Gasteiger partial charge on any atom is 0.207 e. The van der Waals surface area contributed by atoms with Gasteiger partial charge >= 0.3 is 0 Å². The fourth-order valence-corrected chi connectivity index (χ4v) is 2.53. The fraction of sp³-hybridized carbons (Fsp3) is 0.400. The van der Waals surface area contributed by atoms with Crippen molar-refractivity contribution in [1.29, 1.82) is 5.26 Å². The molecular weight excluding hydrogens is 269 g/mol. The minimum atomic E-state index is -0.407. The van der Waals surface area contributed by atoms with E-state index in [4.69, 9.17) is 0 Å². The Kier molecular flexibility index (Phi) is 3.57. The molecule has 0 radical (unpaired) electrons. The summed E-state index contributed by atoms with van der Waals surface area (Å²) in [4.78, 5) is 3.27. The fourth-order valence-electron chi connectivity index (χ4n) is 2.53. The zero-order valence-corrected chi connectivity index (χ0v) is 11.8. The Morgan fingerprint density at radius 3 is 2.62 bits per heavy atom. The van der Waals surface area contributed by atoms with Gasteiger partial charge in [0.25, 0.3) is 0 Å². The van der Waals surface area contributed by atoms with Crippen LogP contribution in [0.4, 0.5) is 10.2 Å². The average Bonchev–Trinajstić information content (AvgIpc) is 2.92. The molecule has 0 saturated carbocycles. The van der Waals surface area contributed by atoms with Crippen LogP contribution in [0.25, 0.3) is 5.69 Å². The monoisotopic (exact) mass is 285 g/mol. The topological polar surface area (TPSA) is 57.7 Å². The minimum Gasteiger partial charge on any atom is -0.353 e. The van der Waals surface area contributed by atoms with Gasteiger partial charge in [-0.15, -0.1) is 15.0 Å². The van der Waals surface area contributed by atoms with Crippen molar-refractivity contribution in [2.45, 2.75) is 19.8 Å². The summed E-state index contributed by atoms with van der Waals surface area (Å²) in [5.41, 5.74) is 0.499. The Balaban J connectivity index is 1.96. The van der Waals surface area contributed by atoms with Crippen LogP contribution in [0, 0.1) is 23.1 Å².